The van der Waals surface area contributed by atoms with Crippen molar-refractivity contribution in [2.45, 2.75) is 0 Å². The maximum absolute atomic E-state index is 13.5. The first kappa shape index (κ1) is 27.7. The normalized spacial score (nSPS) is 11.3. The zero-order chi connectivity index (χ0) is 28.3. The molecular formula is C26H25F2N3O7S. The smallest absolute Gasteiger partial charge is 0.412 e. The molecule has 0 aliphatic heterocycles. The molecule has 0 aliphatic carbocycles. The van der Waals surface area contributed by atoms with Gasteiger partial charge in [0.1, 0.15) is 23.0 Å². The minimum atomic E-state index is -3.79. The fourth-order valence-electron chi connectivity index (χ4n) is 3.94. The van der Waals surface area contributed by atoms with Gasteiger partial charge in [0.2, 0.25) is 10.0 Å². The number of benzene rings is 3. The van der Waals surface area contributed by atoms with Gasteiger partial charge in [-0.1, -0.05) is 0 Å². The lowest BCUT2D eigenvalue weighted by Gasteiger charge is -2.23. The van der Waals surface area contributed by atoms with Crippen molar-refractivity contribution in [3.63, 3.8) is 0 Å². The van der Waals surface area contributed by atoms with Gasteiger partial charge in [0.05, 0.1) is 37.6 Å². The van der Waals surface area contributed by atoms with Crippen LogP contribution in [0.25, 0.3) is 22.3 Å². The van der Waals surface area contributed by atoms with Crippen LogP contribution in [-0.2, 0) is 10.0 Å². The molecule has 39 heavy (non-hydrogen) atoms. The third kappa shape index (κ3) is 6.04. The first-order valence-corrected chi connectivity index (χ1v) is 13.3. The lowest BCUT2D eigenvalue weighted by Crippen LogP contribution is -2.32. The number of aliphatic hydroxyl groups is 1. The number of carbonyl (C=O) groups is 1. The van der Waals surface area contributed by atoms with E-state index in [1.54, 1.807) is 24.3 Å². The molecule has 0 radical (unpaired) electrons. The second-order valence-corrected chi connectivity index (χ2v) is 10.2. The molecule has 1 heterocycles. The molecule has 206 valence electrons. The van der Waals surface area contributed by atoms with Gasteiger partial charge in [-0.05, 0) is 42.5 Å². The number of amides is 1. The Bertz CT molecular complexity index is 1600. The number of hydrogen-bond acceptors (Lipinski definition) is 8. The SMILES string of the molecule is CNC(=O)Oc1c(-c2ccc(Nc3cc(F)cc(F)c3)cc2)oc2cc(N(CCO)S(C)(=O)=O)c(OC)cc12. The van der Waals surface area contributed by atoms with Crippen molar-refractivity contribution in [3.8, 4) is 22.8 Å². The van der Waals surface area contributed by atoms with E-state index in [1.165, 1.54) is 26.3 Å². The number of anilines is 3. The molecule has 4 aromatic rings. The Balaban J connectivity index is 1.81. The van der Waals surface area contributed by atoms with Crippen molar-refractivity contribution >= 4 is 44.1 Å². The van der Waals surface area contributed by atoms with Crippen LogP contribution in [0.5, 0.6) is 11.5 Å². The lowest BCUT2D eigenvalue weighted by atomic mass is 10.1. The molecule has 1 aromatic heterocycles. The lowest BCUT2D eigenvalue weighted by molar-refractivity contribution is 0.203. The summed E-state index contributed by atoms with van der Waals surface area (Å²) in [6, 6.07) is 12.5. The highest BCUT2D eigenvalue weighted by molar-refractivity contribution is 7.92. The fraction of sp³-hybridized carbons (Fsp3) is 0.192. The van der Waals surface area contributed by atoms with Gasteiger partial charge in [0.15, 0.2) is 11.5 Å². The van der Waals surface area contributed by atoms with Crippen LogP contribution < -0.4 is 24.4 Å². The summed E-state index contributed by atoms with van der Waals surface area (Å²) in [5.74, 6) is -1.11. The number of sulfonamides is 1. The Kier molecular flexibility index (Phi) is 7.93. The van der Waals surface area contributed by atoms with E-state index in [0.717, 1.165) is 28.8 Å². The van der Waals surface area contributed by atoms with E-state index >= 15 is 0 Å². The number of nitrogens with one attached hydrogen (secondary N) is 2. The summed E-state index contributed by atoms with van der Waals surface area (Å²) in [5, 5.41) is 15.0. The quantitative estimate of drug-likeness (QED) is 0.270. The van der Waals surface area contributed by atoms with Crippen LogP contribution in [0.15, 0.2) is 59.0 Å². The Morgan fingerprint density at radius 3 is 2.28 bits per heavy atom. The average Bonchev–Trinajstić information content (AvgIpc) is 3.22. The van der Waals surface area contributed by atoms with Gasteiger partial charge < -0.3 is 29.6 Å². The van der Waals surface area contributed by atoms with Crippen LogP contribution >= 0.6 is 0 Å². The van der Waals surface area contributed by atoms with Crippen molar-refractivity contribution in [1.29, 1.82) is 0 Å². The molecule has 0 bridgehead atoms. The number of carbonyl (C=O) groups excluding carboxylic acids is 1. The third-order valence-corrected chi connectivity index (χ3v) is 6.79. The van der Waals surface area contributed by atoms with Crippen LogP contribution in [-0.4, -0.2) is 53.2 Å². The first-order valence-electron chi connectivity index (χ1n) is 11.5. The second-order valence-electron chi connectivity index (χ2n) is 8.34. The minimum absolute atomic E-state index is 0.0511. The van der Waals surface area contributed by atoms with Gasteiger partial charge >= 0.3 is 6.09 Å². The number of fused-ring (bicyclic) bond motifs is 1. The zero-order valence-electron chi connectivity index (χ0n) is 21.1. The molecule has 0 aliphatic rings. The van der Waals surface area contributed by atoms with Crippen molar-refractivity contribution in [2.24, 2.45) is 0 Å². The summed E-state index contributed by atoms with van der Waals surface area (Å²) in [7, 11) is -1.06. The molecule has 3 aromatic carbocycles. The van der Waals surface area contributed by atoms with Gasteiger partial charge in [0.25, 0.3) is 0 Å². The minimum Gasteiger partial charge on any atom is -0.495 e. The van der Waals surface area contributed by atoms with Gasteiger partial charge in [-0.2, -0.15) is 0 Å². The Hall–Kier alpha value is -4.36. The van der Waals surface area contributed by atoms with E-state index in [2.05, 4.69) is 10.6 Å². The Morgan fingerprint density at radius 2 is 1.72 bits per heavy atom. The molecule has 13 heteroatoms. The zero-order valence-corrected chi connectivity index (χ0v) is 21.9. The van der Waals surface area contributed by atoms with Crippen LogP contribution in [0.2, 0.25) is 0 Å². The predicted octanol–water partition coefficient (Wildman–Crippen LogP) is 4.61. The first-order chi connectivity index (χ1) is 18.5. The van der Waals surface area contributed by atoms with E-state index in [9.17, 15) is 27.1 Å². The predicted molar refractivity (Wildman–Crippen MR) is 142 cm³/mol. The summed E-state index contributed by atoms with van der Waals surface area (Å²) in [4.78, 5) is 12.2. The van der Waals surface area contributed by atoms with Crippen molar-refractivity contribution in [3.05, 3.63) is 66.2 Å². The molecule has 3 N–H and O–H groups in total. The number of furan rings is 1. The molecule has 0 spiro atoms. The number of hydrogen-bond donors (Lipinski definition) is 3. The summed E-state index contributed by atoms with van der Waals surface area (Å²) < 4.78 is 69.8. The summed E-state index contributed by atoms with van der Waals surface area (Å²) in [6.07, 6.45) is 0.222. The molecule has 0 saturated carbocycles. The molecule has 10 nitrogen and oxygen atoms in total. The number of aliphatic hydroxyl groups excluding tert-OH is 1. The topological polar surface area (TPSA) is 130 Å². The maximum atomic E-state index is 13.5. The molecule has 0 atom stereocenters. The van der Waals surface area contributed by atoms with Gasteiger partial charge in [-0.3, -0.25) is 4.31 Å². The van der Waals surface area contributed by atoms with Crippen molar-refractivity contribution < 1.29 is 41.0 Å². The fourth-order valence-corrected chi connectivity index (χ4v) is 4.85. The summed E-state index contributed by atoms with van der Waals surface area (Å²) in [5.41, 5.74) is 1.52. The average molecular weight is 562 g/mol. The third-order valence-electron chi connectivity index (χ3n) is 5.61. The number of nitrogens with zero attached hydrogens (tertiary/aromatic N) is 1. The van der Waals surface area contributed by atoms with Crippen LogP contribution in [0.3, 0.4) is 0 Å². The van der Waals surface area contributed by atoms with Gasteiger partial charge in [-0.25, -0.2) is 22.0 Å². The van der Waals surface area contributed by atoms with Crippen LogP contribution in [0, 0.1) is 11.6 Å². The number of halogens is 2. The van der Waals surface area contributed by atoms with Crippen LogP contribution in [0.4, 0.5) is 30.6 Å². The van der Waals surface area contributed by atoms with Crippen LogP contribution in [0.1, 0.15) is 0 Å². The monoisotopic (exact) mass is 561 g/mol. The molecule has 1 amide bonds. The van der Waals surface area contributed by atoms with Crippen molar-refractivity contribution in [2.75, 3.05) is 43.2 Å². The maximum Gasteiger partial charge on any atom is 0.412 e. The van der Waals surface area contributed by atoms with E-state index in [1.807, 2.05) is 0 Å². The largest absolute Gasteiger partial charge is 0.495 e. The Morgan fingerprint density at radius 1 is 1.05 bits per heavy atom. The highest BCUT2D eigenvalue weighted by Gasteiger charge is 2.26. The molecular weight excluding hydrogens is 536 g/mol. The van der Waals surface area contributed by atoms with E-state index in [4.69, 9.17) is 13.9 Å². The number of methoxy groups -OCH3 is 1. The van der Waals surface area contributed by atoms with E-state index in [0.29, 0.717) is 16.6 Å². The Labute approximate surface area is 222 Å². The summed E-state index contributed by atoms with van der Waals surface area (Å²) in [6.45, 7) is -0.662. The number of ether oxygens (including phenoxy) is 2. The molecule has 4 rings (SSSR count). The van der Waals surface area contributed by atoms with Gasteiger partial charge in [-0.15, -0.1) is 0 Å². The molecule has 0 fully saturated rings. The summed E-state index contributed by atoms with van der Waals surface area (Å²) >= 11 is 0. The van der Waals surface area contributed by atoms with Crippen molar-refractivity contribution in [1.82, 2.24) is 5.32 Å². The van der Waals surface area contributed by atoms with Gasteiger partial charge in [0, 0.05) is 36.1 Å². The van der Waals surface area contributed by atoms with E-state index in [-0.39, 0.29) is 40.8 Å². The highest BCUT2D eigenvalue weighted by Crippen LogP contribution is 2.45. The molecule has 0 saturated heterocycles. The second kappa shape index (κ2) is 11.2. The van der Waals surface area contributed by atoms with E-state index < -0.39 is 34.4 Å². The molecule has 0 unspecified atom stereocenters. The standard InChI is InChI=1S/C26H25F2N3O7S/c1-29-26(33)38-25-20-13-23(36-2)21(31(8-9-32)39(3,34)35)14-22(20)37-24(25)15-4-6-18(7-5-15)30-19-11-16(27)10-17(28)12-19/h4-7,10-14,30,32H,8-9H2,1-3H3,(H,29,33). The highest BCUT2D eigenvalue weighted by atomic mass is 32.2. The number of rotatable bonds is 9.